The Hall–Kier alpha value is -2.34. The quantitative estimate of drug-likeness (QED) is 0.715. The Morgan fingerprint density at radius 1 is 1.15 bits per heavy atom. The first-order valence-corrected chi connectivity index (χ1v) is 6.23. The van der Waals surface area contributed by atoms with Crippen LogP contribution < -0.4 is 5.32 Å². The highest BCUT2D eigenvalue weighted by Gasteiger charge is 2.53. The molecule has 0 unspecified atom stereocenters. The van der Waals surface area contributed by atoms with Crippen molar-refractivity contribution in [3.05, 3.63) is 36.4 Å². The van der Waals surface area contributed by atoms with Crippen LogP contribution in [0.15, 0.2) is 36.4 Å². The fraction of sp³-hybridized carbons (Fsp3) is 0.286. The van der Waals surface area contributed by atoms with Crippen LogP contribution >= 0.6 is 0 Å². The third kappa shape index (κ3) is 2.04. The van der Waals surface area contributed by atoms with Gasteiger partial charge in [0, 0.05) is 11.8 Å². The summed E-state index contributed by atoms with van der Waals surface area (Å²) in [5, 5.41) is 21.2. The molecule has 0 aliphatic carbocycles. The zero-order valence-electron chi connectivity index (χ0n) is 10.4. The van der Waals surface area contributed by atoms with Crippen LogP contribution in [0.4, 0.5) is 5.69 Å². The van der Waals surface area contributed by atoms with E-state index >= 15 is 0 Å². The van der Waals surface area contributed by atoms with Gasteiger partial charge in [-0.05, 0) is 12.1 Å². The molecule has 2 aliphatic heterocycles. The molecule has 1 aromatic rings. The lowest BCUT2D eigenvalue weighted by atomic mass is 9.82. The lowest BCUT2D eigenvalue weighted by Gasteiger charge is -2.21. The smallest absolute Gasteiger partial charge is 0.310 e. The highest BCUT2D eigenvalue weighted by atomic mass is 16.5. The number of carbonyl (C=O) groups excluding carboxylic acids is 1. The summed E-state index contributed by atoms with van der Waals surface area (Å²) in [6, 6.07) is 6.10. The molecule has 2 aliphatic rings. The van der Waals surface area contributed by atoms with Crippen molar-refractivity contribution in [1.82, 2.24) is 0 Å². The number of carbonyl (C=O) groups is 2. The molecule has 0 saturated carbocycles. The van der Waals surface area contributed by atoms with Crippen molar-refractivity contribution in [2.24, 2.45) is 11.8 Å². The van der Waals surface area contributed by atoms with E-state index < -0.39 is 35.9 Å². The van der Waals surface area contributed by atoms with Gasteiger partial charge in [-0.3, -0.25) is 9.59 Å². The summed E-state index contributed by atoms with van der Waals surface area (Å²) < 4.78 is 5.44. The Bertz CT molecular complexity index is 597. The summed E-state index contributed by atoms with van der Waals surface area (Å²) in [6.07, 6.45) is 2.36. The van der Waals surface area contributed by atoms with Crippen molar-refractivity contribution in [2.75, 3.05) is 5.32 Å². The largest absolute Gasteiger partial charge is 0.508 e. The van der Waals surface area contributed by atoms with Gasteiger partial charge in [0.05, 0.1) is 18.1 Å². The molecule has 6 heteroatoms. The predicted octanol–water partition coefficient (Wildman–Crippen LogP) is 0.985. The van der Waals surface area contributed by atoms with Crippen LogP contribution in [0, 0.1) is 11.8 Å². The van der Waals surface area contributed by atoms with E-state index in [2.05, 4.69) is 5.32 Å². The number of phenolic OH excluding ortho intramolecular Hbond substituents is 1. The maximum Gasteiger partial charge on any atom is 0.310 e. The average Bonchev–Trinajstić information content (AvgIpc) is 2.98. The van der Waals surface area contributed by atoms with Gasteiger partial charge in [-0.1, -0.05) is 18.2 Å². The molecule has 2 bridgehead atoms. The molecule has 3 rings (SSSR count). The minimum atomic E-state index is -1.04. The maximum atomic E-state index is 12.3. The molecule has 0 aromatic heterocycles. The first-order valence-electron chi connectivity index (χ1n) is 6.23. The summed E-state index contributed by atoms with van der Waals surface area (Å²) >= 11 is 0. The number of carboxylic acid groups (broad SMARTS) is 1. The summed E-state index contributed by atoms with van der Waals surface area (Å²) in [7, 11) is 0. The van der Waals surface area contributed by atoms with Crippen LogP contribution in [0.25, 0.3) is 0 Å². The molecule has 3 N–H and O–H groups in total. The number of hydrogen-bond donors (Lipinski definition) is 3. The molecule has 0 spiro atoms. The molecule has 20 heavy (non-hydrogen) atoms. The number of hydrogen-bond acceptors (Lipinski definition) is 4. The Morgan fingerprint density at radius 2 is 1.85 bits per heavy atom. The normalized spacial score (nSPS) is 30.4. The van der Waals surface area contributed by atoms with Crippen molar-refractivity contribution >= 4 is 17.6 Å². The molecule has 1 amide bonds. The maximum absolute atomic E-state index is 12.3. The second-order valence-electron chi connectivity index (χ2n) is 4.88. The van der Waals surface area contributed by atoms with Gasteiger partial charge in [-0.2, -0.15) is 0 Å². The van der Waals surface area contributed by atoms with Crippen molar-refractivity contribution < 1.29 is 24.5 Å². The lowest BCUT2D eigenvalue weighted by molar-refractivity contribution is -0.145. The molecular formula is C14H13NO5. The number of rotatable bonds is 3. The average molecular weight is 275 g/mol. The first-order chi connectivity index (χ1) is 9.56. The number of fused-ring (bicyclic) bond motifs is 2. The van der Waals surface area contributed by atoms with Gasteiger partial charge in [0.2, 0.25) is 5.91 Å². The standard InChI is InChI=1S/C14H13NO5/c16-8-3-1-2-7(6-8)15-13(17)11-9-4-5-10(20-9)12(11)14(18)19/h1-6,9-12,16H,(H,15,17)(H,18,19)/t9-,10+,11+,12+/m1/s1. The van der Waals surface area contributed by atoms with Gasteiger partial charge in [-0.25, -0.2) is 0 Å². The Balaban J connectivity index is 1.80. The second kappa shape index (κ2) is 4.64. The minimum absolute atomic E-state index is 0.0293. The zero-order valence-corrected chi connectivity index (χ0v) is 10.4. The molecule has 6 nitrogen and oxygen atoms in total. The van der Waals surface area contributed by atoms with Gasteiger partial charge >= 0.3 is 5.97 Å². The van der Waals surface area contributed by atoms with Crippen LogP contribution in [-0.2, 0) is 14.3 Å². The lowest BCUT2D eigenvalue weighted by Crippen LogP contribution is -2.39. The highest BCUT2D eigenvalue weighted by molar-refractivity contribution is 5.96. The van der Waals surface area contributed by atoms with E-state index in [0.717, 1.165) is 0 Å². The summed E-state index contributed by atoms with van der Waals surface area (Å²) in [6.45, 7) is 0. The van der Waals surface area contributed by atoms with E-state index in [1.165, 1.54) is 12.1 Å². The number of anilines is 1. The first kappa shape index (κ1) is 12.7. The third-order valence-corrected chi connectivity index (χ3v) is 3.60. The molecule has 2 heterocycles. The van der Waals surface area contributed by atoms with E-state index in [-0.39, 0.29) is 5.75 Å². The Morgan fingerprint density at radius 3 is 2.50 bits per heavy atom. The van der Waals surface area contributed by atoms with Gasteiger partial charge in [0.1, 0.15) is 11.7 Å². The van der Waals surface area contributed by atoms with Crippen molar-refractivity contribution in [2.45, 2.75) is 12.2 Å². The van der Waals surface area contributed by atoms with Crippen LogP contribution in [0.1, 0.15) is 0 Å². The van der Waals surface area contributed by atoms with Crippen LogP contribution in [0.2, 0.25) is 0 Å². The van der Waals surface area contributed by atoms with Crippen molar-refractivity contribution in [3.8, 4) is 5.75 Å². The number of aromatic hydroxyl groups is 1. The Kier molecular flexibility index (Phi) is 2.94. The fourth-order valence-electron chi connectivity index (χ4n) is 2.72. The number of benzene rings is 1. The molecular weight excluding hydrogens is 262 g/mol. The topological polar surface area (TPSA) is 95.9 Å². The van der Waals surface area contributed by atoms with E-state index in [1.807, 2.05) is 0 Å². The van der Waals surface area contributed by atoms with Gasteiger partial charge in [0.25, 0.3) is 0 Å². The van der Waals surface area contributed by atoms with E-state index in [4.69, 9.17) is 4.74 Å². The molecule has 4 atom stereocenters. The van der Waals surface area contributed by atoms with E-state index in [9.17, 15) is 19.8 Å². The number of phenols is 1. The van der Waals surface area contributed by atoms with Crippen molar-refractivity contribution in [1.29, 1.82) is 0 Å². The number of aliphatic carboxylic acids is 1. The van der Waals surface area contributed by atoms with Gasteiger partial charge < -0.3 is 20.3 Å². The molecule has 1 saturated heterocycles. The number of amides is 1. The fourth-order valence-corrected chi connectivity index (χ4v) is 2.72. The summed E-state index contributed by atoms with van der Waals surface area (Å²) in [5.41, 5.74) is 0.422. The van der Waals surface area contributed by atoms with E-state index in [1.54, 1.807) is 24.3 Å². The third-order valence-electron chi connectivity index (χ3n) is 3.60. The van der Waals surface area contributed by atoms with Crippen LogP contribution in [-0.4, -0.2) is 34.3 Å². The molecule has 104 valence electrons. The molecule has 0 radical (unpaired) electrons. The number of ether oxygens (including phenoxy) is 1. The summed E-state index contributed by atoms with van der Waals surface area (Å²) in [5.74, 6) is -3.06. The molecule has 1 fully saturated rings. The predicted molar refractivity (Wildman–Crippen MR) is 69.2 cm³/mol. The van der Waals surface area contributed by atoms with Gasteiger partial charge in [-0.15, -0.1) is 0 Å². The van der Waals surface area contributed by atoms with E-state index in [0.29, 0.717) is 5.69 Å². The molecule has 1 aromatic carbocycles. The Labute approximate surface area is 114 Å². The number of carboxylic acids is 1. The zero-order chi connectivity index (χ0) is 14.3. The summed E-state index contributed by atoms with van der Waals surface area (Å²) in [4.78, 5) is 23.5. The SMILES string of the molecule is O=C(O)[C@@H]1[C@@H](C(=O)Nc2cccc(O)c2)[C@H]2C=C[C@@H]1O2. The van der Waals surface area contributed by atoms with Crippen molar-refractivity contribution in [3.63, 3.8) is 0 Å². The van der Waals surface area contributed by atoms with Crippen LogP contribution in [0.5, 0.6) is 5.75 Å². The van der Waals surface area contributed by atoms with Gasteiger partial charge in [0.15, 0.2) is 0 Å². The monoisotopic (exact) mass is 275 g/mol. The highest BCUT2D eigenvalue weighted by Crippen LogP contribution is 2.39. The van der Waals surface area contributed by atoms with Crippen LogP contribution in [0.3, 0.4) is 0 Å². The minimum Gasteiger partial charge on any atom is -0.508 e. The number of nitrogens with one attached hydrogen (secondary N) is 1. The second-order valence-corrected chi connectivity index (χ2v) is 4.88.